The molecular weight excluding hydrogens is 232 g/mol. The van der Waals surface area contributed by atoms with Crippen LogP contribution in [-0.2, 0) is 6.54 Å². The minimum atomic E-state index is 0.441. The van der Waals surface area contributed by atoms with Crippen LogP contribution in [0, 0.1) is 6.92 Å². The van der Waals surface area contributed by atoms with Crippen LogP contribution in [0.4, 0.5) is 11.7 Å². The minimum Gasteiger partial charge on any atom is -0.424 e. The highest BCUT2D eigenvalue weighted by atomic mass is 16.5. The zero-order chi connectivity index (χ0) is 12.5. The average Bonchev–Trinajstić information content (AvgIpc) is 2.92. The molecule has 0 fully saturated rings. The Kier molecular flexibility index (Phi) is 2.40. The van der Waals surface area contributed by atoms with Gasteiger partial charge < -0.3 is 20.0 Å². The van der Waals surface area contributed by atoms with Gasteiger partial charge >= 0.3 is 0 Å². The van der Waals surface area contributed by atoms with Crippen LogP contribution in [0.5, 0.6) is 0 Å². The van der Waals surface area contributed by atoms with Crippen molar-refractivity contribution < 1.29 is 8.94 Å². The maximum absolute atomic E-state index is 5.68. The molecule has 6 heteroatoms. The van der Waals surface area contributed by atoms with E-state index in [9.17, 15) is 0 Å². The molecule has 92 valence electrons. The van der Waals surface area contributed by atoms with Crippen LogP contribution >= 0.6 is 0 Å². The molecule has 0 aliphatic carbocycles. The lowest BCUT2D eigenvalue weighted by molar-refractivity contribution is 0.391. The summed E-state index contributed by atoms with van der Waals surface area (Å²) in [6.45, 7) is 2.35. The van der Waals surface area contributed by atoms with E-state index in [2.05, 4.69) is 15.5 Å². The molecule has 3 aromatic rings. The number of nitrogens with two attached hydrogens (primary N) is 1. The number of aromatic nitrogens is 2. The Balaban J connectivity index is 1.78. The second kappa shape index (κ2) is 4.06. The van der Waals surface area contributed by atoms with Crippen LogP contribution in [0.2, 0.25) is 0 Å². The Morgan fingerprint density at radius 3 is 3.00 bits per heavy atom. The Hall–Kier alpha value is -2.50. The summed E-state index contributed by atoms with van der Waals surface area (Å²) >= 11 is 0. The third kappa shape index (κ3) is 2.00. The molecule has 1 aromatic carbocycles. The number of nitrogen functional groups attached to an aromatic ring is 1. The van der Waals surface area contributed by atoms with Gasteiger partial charge in [-0.05, 0) is 25.1 Å². The first-order chi connectivity index (χ1) is 8.70. The van der Waals surface area contributed by atoms with Crippen molar-refractivity contribution in [2.45, 2.75) is 13.5 Å². The Labute approximate surface area is 103 Å². The first-order valence-electron chi connectivity index (χ1n) is 5.53. The summed E-state index contributed by atoms with van der Waals surface area (Å²) in [5.41, 5.74) is 8.57. The average molecular weight is 244 g/mol. The summed E-state index contributed by atoms with van der Waals surface area (Å²) < 4.78 is 10.5. The molecule has 0 aliphatic heterocycles. The summed E-state index contributed by atoms with van der Waals surface area (Å²) in [5, 5.41) is 6.91. The smallest absolute Gasteiger partial charge is 0.296 e. The summed E-state index contributed by atoms with van der Waals surface area (Å²) in [4.78, 5) is 4.28. The van der Waals surface area contributed by atoms with E-state index < -0.39 is 0 Å². The first-order valence-corrected chi connectivity index (χ1v) is 5.53. The number of hydrogen-bond acceptors (Lipinski definition) is 6. The molecular formula is C12H12N4O2. The van der Waals surface area contributed by atoms with Gasteiger partial charge in [-0.3, -0.25) is 0 Å². The molecule has 0 unspecified atom stereocenters. The van der Waals surface area contributed by atoms with Crippen LogP contribution in [0.25, 0.3) is 11.1 Å². The number of aryl methyl sites for hydroxylation is 1. The minimum absolute atomic E-state index is 0.441. The van der Waals surface area contributed by atoms with Crippen LogP contribution in [0.3, 0.4) is 0 Å². The van der Waals surface area contributed by atoms with Crippen LogP contribution in [-0.4, -0.2) is 10.1 Å². The zero-order valence-corrected chi connectivity index (χ0v) is 9.80. The number of oxazole rings is 1. The van der Waals surface area contributed by atoms with E-state index >= 15 is 0 Å². The molecule has 0 atom stereocenters. The van der Waals surface area contributed by atoms with E-state index in [-0.39, 0.29) is 0 Å². The Morgan fingerprint density at radius 2 is 2.22 bits per heavy atom. The fourth-order valence-corrected chi connectivity index (χ4v) is 1.69. The second-order valence-corrected chi connectivity index (χ2v) is 4.03. The third-order valence-corrected chi connectivity index (χ3v) is 2.51. The predicted molar refractivity (Wildman–Crippen MR) is 67.0 cm³/mol. The SMILES string of the molecule is Cc1cc(CNc2nc3cc(N)ccc3o2)no1. The van der Waals surface area contributed by atoms with Crippen molar-refractivity contribution in [2.75, 3.05) is 11.1 Å². The molecule has 0 spiro atoms. The fraction of sp³-hybridized carbons (Fsp3) is 0.167. The number of nitrogens with zero attached hydrogens (tertiary/aromatic N) is 2. The van der Waals surface area contributed by atoms with Gasteiger partial charge in [0.1, 0.15) is 17.0 Å². The normalized spacial score (nSPS) is 10.9. The van der Waals surface area contributed by atoms with Crippen molar-refractivity contribution in [1.82, 2.24) is 10.1 Å². The molecule has 2 aromatic heterocycles. The Morgan fingerprint density at radius 1 is 1.33 bits per heavy atom. The number of fused-ring (bicyclic) bond motifs is 1. The standard InChI is InChI=1S/C12H12N4O2/c1-7-4-9(16-18-7)6-14-12-15-10-5-8(13)2-3-11(10)17-12/h2-5H,6,13H2,1H3,(H,14,15). The number of rotatable bonds is 3. The van der Waals surface area contributed by atoms with Gasteiger partial charge in [0.2, 0.25) is 0 Å². The first kappa shape index (κ1) is 10.6. The summed E-state index contributed by atoms with van der Waals surface area (Å²) in [6.07, 6.45) is 0. The highest BCUT2D eigenvalue weighted by Gasteiger charge is 2.06. The molecule has 2 heterocycles. The van der Waals surface area contributed by atoms with E-state index in [1.807, 2.05) is 13.0 Å². The van der Waals surface area contributed by atoms with E-state index in [4.69, 9.17) is 14.7 Å². The van der Waals surface area contributed by atoms with Crippen molar-refractivity contribution >= 4 is 22.8 Å². The van der Waals surface area contributed by atoms with Gasteiger partial charge in [-0.2, -0.15) is 4.98 Å². The van der Waals surface area contributed by atoms with Gasteiger partial charge in [0.05, 0.1) is 6.54 Å². The fourth-order valence-electron chi connectivity index (χ4n) is 1.69. The van der Waals surface area contributed by atoms with Crippen molar-refractivity contribution in [3.63, 3.8) is 0 Å². The predicted octanol–water partition coefficient (Wildman–Crippen LogP) is 2.32. The van der Waals surface area contributed by atoms with E-state index in [1.54, 1.807) is 18.2 Å². The van der Waals surface area contributed by atoms with Gasteiger partial charge in [0, 0.05) is 11.8 Å². The van der Waals surface area contributed by atoms with Gasteiger partial charge in [-0.1, -0.05) is 5.16 Å². The molecule has 0 amide bonds. The maximum atomic E-state index is 5.68. The molecule has 0 saturated heterocycles. The van der Waals surface area contributed by atoms with Gasteiger partial charge in [0.25, 0.3) is 6.01 Å². The molecule has 0 saturated carbocycles. The molecule has 0 radical (unpaired) electrons. The van der Waals surface area contributed by atoms with Crippen molar-refractivity contribution in [1.29, 1.82) is 0 Å². The number of benzene rings is 1. The van der Waals surface area contributed by atoms with Gasteiger partial charge in [-0.15, -0.1) is 0 Å². The third-order valence-electron chi connectivity index (χ3n) is 2.51. The summed E-state index contributed by atoms with van der Waals surface area (Å²) in [6, 6.07) is 7.63. The summed E-state index contributed by atoms with van der Waals surface area (Å²) in [5.74, 6) is 0.775. The second-order valence-electron chi connectivity index (χ2n) is 4.03. The Bertz CT molecular complexity index is 686. The van der Waals surface area contributed by atoms with E-state index in [1.165, 1.54) is 0 Å². The lowest BCUT2D eigenvalue weighted by Gasteiger charge is -1.95. The largest absolute Gasteiger partial charge is 0.424 e. The highest BCUT2D eigenvalue weighted by molar-refractivity contribution is 5.78. The molecule has 3 N–H and O–H groups in total. The molecule has 6 nitrogen and oxygen atoms in total. The van der Waals surface area contributed by atoms with E-state index in [0.717, 1.165) is 17.0 Å². The monoisotopic (exact) mass is 244 g/mol. The topological polar surface area (TPSA) is 90.1 Å². The van der Waals surface area contributed by atoms with Gasteiger partial charge in [-0.25, -0.2) is 0 Å². The number of nitrogens with one attached hydrogen (secondary N) is 1. The molecule has 0 bridgehead atoms. The number of hydrogen-bond donors (Lipinski definition) is 2. The lowest BCUT2D eigenvalue weighted by Crippen LogP contribution is -1.99. The van der Waals surface area contributed by atoms with E-state index in [0.29, 0.717) is 23.8 Å². The lowest BCUT2D eigenvalue weighted by atomic mass is 10.3. The highest BCUT2D eigenvalue weighted by Crippen LogP contribution is 2.21. The molecule has 3 rings (SSSR count). The van der Waals surface area contributed by atoms with Crippen LogP contribution in [0.1, 0.15) is 11.5 Å². The quantitative estimate of drug-likeness (QED) is 0.687. The summed E-state index contributed by atoms with van der Waals surface area (Å²) in [7, 11) is 0. The van der Waals surface area contributed by atoms with Crippen molar-refractivity contribution in [2.24, 2.45) is 0 Å². The molecule has 0 aliphatic rings. The van der Waals surface area contributed by atoms with Crippen molar-refractivity contribution in [3.8, 4) is 0 Å². The molecule has 18 heavy (non-hydrogen) atoms. The van der Waals surface area contributed by atoms with Gasteiger partial charge in [0.15, 0.2) is 5.58 Å². The maximum Gasteiger partial charge on any atom is 0.296 e. The number of anilines is 2. The van der Waals surface area contributed by atoms with Crippen LogP contribution < -0.4 is 11.1 Å². The van der Waals surface area contributed by atoms with Crippen LogP contribution in [0.15, 0.2) is 33.2 Å². The van der Waals surface area contributed by atoms with Crippen molar-refractivity contribution in [3.05, 3.63) is 35.7 Å². The zero-order valence-electron chi connectivity index (χ0n) is 9.80.